The van der Waals surface area contributed by atoms with Crippen molar-refractivity contribution in [3.8, 4) is 11.4 Å². The highest BCUT2D eigenvalue weighted by Gasteiger charge is 2.02. The summed E-state index contributed by atoms with van der Waals surface area (Å²) in [7, 11) is 0. The Morgan fingerprint density at radius 1 is 1.40 bits per heavy atom. The van der Waals surface area contributed by atoms with Gasteiger partial charge in [0.1, 0.15) is 5.69 Å². The summed E-state index contributed by atoms with van der Waals surface area (Å²) >= 11 is 3.22. The molecule has 0 amide bonds. The van der Waals surface area contributed by atoms with Crippen molar-refractivity contribution in [3.63, 3.8) is 0 Å². The minimum absolute atomic E-state index is 0.730. The fraction of sp³-hybridized carbons (Fsp3) is 0. The highest BCUT2D eigenvalue weighted by atomic mass is 79.9. The number of nitrogens with zero attached hydrogens (tertiary/aromatic N) is 2. The van der Waals surface area contributed by atoms with Gasteiger partial charge in [0.25, 0.3) is 0 Å². The molecule has 0 aliphatic carbocycles. The number of H-pyrrole nitrogens is 1. The molecule has 0 atom stereocenters. The van der Waals surface area contributed by atoms with Gasteiger partial charge in [-0.3, -0.25) is 4.98 Å². The normalized spacial score (nSPS) is 10.5. The Morgan fingerprint density at radius 2 is 2.30 bits per heavy atom. The van der Waals surface area contributed by atoms with Crippen molar-refractivity contribution in [2.45, 2.75) is 0 Å². The van der Waals surface area contributed by atoms with E-state index in [1.807, 2.05) is 6.07 Å². The van der Waals surface area contributed by atoms with Gasteiger partial charge in [0.2, 0.25) is 0 Å². The van der Waals surface area contributed by atoms with Crippen molar-refractivity contribution >= 4 is 15.9 Å². The SMILES string of the molecule is Brc1ncc2nccc-2[nH]1. The molecule has 0 spiro atoms. The predicted octanol–water partition coefficient (Wildman–Crippen LogP) is 1.67. The number of hydrogen-bond donors (Lipinski definition) is 1. The van der Waals surface area contributed by atoms with Crippen molar-refractivity contribution in [1.82, 2.24) is 15.0 Å². The summed E-state index contributed by atoms with van der Waals surface area (Å²) in [4.78, 5) is 11.0. The summed E-state index contributed by atoms with van der Waals surface area (Å²) in [5, 5.41) is 0. The quantitative estimate of drug-likeness (QED) is 0.654. The van der Waals surface area contributed by atoms with E-state index in [4.69, 9.17) is 0 Å². The summed E-state index contributed by atoms with van der Waals surface area (Å²) in [5.41, 5.74) is 1.89. The highest BCUT2D eigenvalue weighted by molar-refractivity contribution is 9.10. The Kier molecular flexibility index (Phi) is 1.20. The lowest BCUT2D eigenvalue weighted by atomic mass is 10.3. The molecule has 0 aromatic carbocycles. The van der Waals surface area contributed by atoms with Crippen LogP contribution in [-0.2, 0) is 0 Å². The third-order valence-corrected chi connectivity index (χ3v) is 1.67. The fourth-order valence-electron chi connectivity index (χ4n) is 0.817. The summed E-state index contributed by atoms with van der Waals surface area (Å²) in [5.74, 6) is 0. The Morgan fingerprint density at radius 3 is 3.20 bits per heavy atom. The first-order valence-corrected chi connectivity index (χ1v) is 3.61. The Balaban J connectivity index is 2.75. The summed E-state index contributed by atoms with van der Waals surface area (Å²) in [6, 6.07) is 1.90. The number of rotatable bonds is 0. The molecule has 50 valence electrons. The van der Waals surface area contributed by atoms with Gasteiger partial charge in [-0.2, -0.15) is 0 Å². The molecule has 0 unspecified atom stereocenters. The van der Waals surface area contributed by atoms with Gasteiger partial charge in [-0.25, -0.2) is 4.98 Å². The molecule has 2 rings (SSSR count). The maximum Gasteiger partial charge on any atom is 0.174 e. The lowest BCUT2D eigenvalue weighted by Crippen LogP contribution is -1.86. The maximum absolute atomic E-state index is 4.05. The first-order chi connectivity index (χ1) is 4.86. The lowest BCUT2D eigenvalue weighted by Gasteiger charge is -1.95. The van der Waals surface area contributed by atoms with Crippen LogP contribution in [0.2, 0.25) is 0 Å². The van der Waals surface area contributed by atoms with Crippen LogP contribution in [-0.4, -0.2) is 15.0 Å². The van der Waals surface area contributed by atoms with Crippen molar-refractivity contribution in [2.24, 2.45) is 0 Å². The smallest absolute Gasteiger partial charge is 0.174 e. The van der Waals surface area contributed by atoms with Crippen LogP contribution in [0.5, 0.6) is 0 Å². The van der Waals surface area contributed by atoms with Gasteiger partial charge in [-0.1, -0.05) is 0 Å². The highest BCUT2D eigenvalue weighted by Crippen LogP contribution is 2.16. The average molecular weight is 198 g/mol. The van der Waals surface area contributed by atoms with Crippen LogP contribution in [0.1, 0.15) is 0 Å². The average Bonchev–Trinajstić information content (AvgIpc) is 2.33. The first-order valence-electron chi connectivity index (χ1n) is 2.81. The lowest BCUT2D eigenvalue weighted by molar-refractivity contribution is 1.10. The van der Waals surface area contributed by atoms with E-state index in [2.05, 4.69) is 30.9 Å². The van der Waals surface area contributed by atoms with Crippen LogP contribution in [0.15, 0.2) is 23.2 Å². The van der Waals surface area contributed by atoms with E-state index in [-0.39, 0.29) is 0 Å². The summed E-state index contributed by atoms with van der Waals surface area (Å²) in [6.07, 6.45) is 3.46. The van der Waals surface area contributed by atoms with E-state index in [0.29, 0.717) is 0 Å². The van der Waals surface area contributed by atoms with E-state index in [0.717, 1.165) is 16.1 Å². The molecule has 10 heavy (non-hydrogen) atoms. The van der Waals surface area contributed by atoms with E-state index in [9.17, 15) is 0 Å². The van der Waals surface area contributed by atoms with Crippen molar-refractivity contribution in [2.75, 3.05) is 0 Å². The number of halogens is 1. The van der Waals surface area contributed by atoms with Crippen LogP contribution < -0.4 is 0 Å². The molecular formula is C6H4BrN3. The number of aromatic nitrogens is 3. The monoisotopic (exact) mass is 197 g/mol. The number of hydrogen-bond acceptors (Lipinski definition) is 2. The van der Waals surface area contributed by atoms with E-state index >= 15 is 0 Å². The van der Waals surface area contributed by atoms with Crippen LogP contribution in [0.25, 0.3) is 11.4 Å². The molecule has 0 radical (unpaired) electrons. The summed E-state index contributed by atoms with van der Waals surface area (Å²) < 4.78 is 0.730. The first kappa shape index (κ1) is 5.85. The molecule has 0 aromatic rings. The zero-order chi connectivity index (χ0) is 6.97. The van der Waals surface area contributed by atoms with Gasteiger partial charge >= 0.3 is 0 Å². The molecule has 0 aromatic heterocycles. The zero-order valence-electron chi connectivity index (χ0n) is 5.00. The molecule has 2 aliphatic rings. The predicted molar refractivity (Wildman–Crippen MR) is 40.7 cm³/mol. The molecule has 0 fully saturated rings. The largest absolute Gasteiger partial charge is 0.332 e. The molecule has 0 saturated carbocycles. The fourth-order valence-corrected chi connectivity index (χ4v) is 1.13. The number of fused-ring (bicyclic) bond motifs is 1. The standard InChI is InChI=1S/C6H4BrN3/c7-6-9-3-5-4(10-6)1-2-8-5/h1-3H,(H,9,10). The molecule has 0 bridgehead atoms. The van der Waals surface area contributed by atoms with Gasteiger partial charge in [-0.05, 0) is 22.0 Å². The molecule has 0 saturated heterocycles. The summed E-state index contributed by atoms with van der Waals surface area (Å²) in [6.45, 7) is 0. The van der Waals surface area contributed by atoms with E-state index < -0.39 is 0 Å². The minimum Gasteiger partial charge on any atom is -0.332 e. The van der Waals surface area contributed by atoms with Gasteiger partial charge < -0.3 is 4.98 Å². The van der Waals surface area contributed by atoms with Crippen LogP contribution in [0.3, 0.4) is 0 Å². The van der Waals surface area contributed by atoms with Crippen LogP contribution in [0, 0.1) is 0 Å². The molecule has 2 aliphatic heterocycles. The maximum atomic E-state index is 4.05. The van der Waals surface area contributed by atoms with Gasteiger partial charge in [0, 0.05) is 6.20 Å². The topological polar surface area (TPSA) is 41.6 Å². The zero-order valence-corrected chi connectivity index (χ0v) is 6.59. The Hall–Kier alpha value is -0.900. The Bertz CT molecular complexity index is 317. The second-order valence-electron chi connectivity index (χ2n) is 1.92. The molecule has 1 N–H and O–H groups in total. The van der Waals surface area contributed by atoms with E-state index in [1.54, 1.807) is 12.4 Å². The number of aromatic amines is 1. The molecule has 4 heteroatoms. The van der Waals surface area contributed by atoms with Gasteiger partial charge in [0.15, 0.2) is 4.73 Å². The van der Waals surface area contributed by atoms with Gasteiger partial charge in [0.05, 0.1) is 11.9 Å². The molecule has 2 heterocycles. The van der Waals surface area contributed by atoms with Crippen molar-refractivity contribution in [3.05, 3.63) is 23.2 Å². The van der Waals surface area contributed by atoms with Crippen LogP contribution in [0.4, 0.5) is 0 Å². The van der Waals surface area contributed by atoms with Crippen LogP contribution >= 0.6 is 15.9 Å². The molecular weight excluding hydrogens is 194 g/mol. The third kappa shape index (κ3) is 0.806. The number of nitrogens with one attached hydrogen (secondary N) is 1. The van der Waals surface area contributed by atoms with Crippen molar-refractivity contribution < 1.29 is 0 Å². The van der Waals surface area contributed by atoms with Gasteiger partial charge in [-0.15, -0.1) is 0 Å². The second kappa shape index (κ2) is 2.05. The second-order valence-corrected chi connectivity index (χ2v) is 2.67. The third-order valence-electron chi connectivity index (χ3n) is 1.27. The van der Waals surface area contributed by atoms with E-state index in [1.165, 1.54) is 0 Å². The van der Waals surface area contributed by atoms with Crippen molar-refractivity contribution in [1.29, 1.82) is 0 Å². The molecule has 3 nitrogen and oxygen atoms in total. The minimum atomic E-state index is 0.730. The Labute approximate surface area is 66.0 Å².